The second-order valence-corrected chi connectivity index (χ2v) is 10.8. The molecule has 0 aliphatic carbocycles. The lowest BCUT2D eigenvalue weighted by Crippen LogP contribution is -2.36. The van der Waals surface area contributed by atoms with Crippen molar-refractivity contribution in [3.8, 4) is 0 Å². The van der Waals surface area contributed by atoms with Crippen LogP contribution in [0.5, 0.6) is 0 Å². The van der Waals surface area contributed by atoms with Gasteiger partial charge in [0.25, 0.3) is 11.5 Å². The van der Waals surface area contributed by atoms with E-state index in [9.17, 15) is 9.59 Å². The Morgan fingerprint density at radius 2 is 1.97 bits per heavy atom. The molecule has 8 heteroatoms. The molecule has 0 saturated carbocycles. The highest BCUT2D eigenvalue weighted by molar-refractivity contribution is 8.26. The number of hydrogen-bond acceptors (Lipinski definition) is 6. The Kier molecular flexibility index (Phi) is 7.54. The van der Waals surface area contributed by atoms with Crippen LogP contribution in [0, 0.1) is 12.8 Å². The third-order valence-electron chi connectivity index (χ3n) is 6.53. The van der Waals surface area contributed by atoms with Crippen LogP contribution in [0.3, 0.4) is 0 Å². The maximum absolute atomic E-state index is 13.6. The number of carbonyl (C=O) groups excluding carboxylic acids is 1. The maximum Gasteiger partial charge on any atom is 0.267 e. The van der Waals surface area contributed by atoms with Gasteiger partial charge in [-0.25, -0.2) is 4.98 Å². The number of aryl methyl sites for hydroxylation is 1. The molecule has 33 heavy (non-hydrogen) atoms. The van der Waals surface area contributed by atoms with Crippen molar-refractivity contribution in [2.24, 2.45) is 5.92 Å². The molecule has 2 aromatic rings. The van der Waals surface area contributed by atoms with E-state index in [0.717, 1.165) is 57.2 Å². The summed E-state index contributed by atoms with van der Waals surface area (Å²) in [6, 6.07) is 3.82. The van der Waals surface area contributed by atoms with Crippen molar-refractivity contribution in [1.29, 1.82) is 0 Å². The number of anilines is 1. The lowest BCUT2D eigenvalue weighted by molar-refractivity contribution is -0.122. The zero-order chi connectivity index (χ0) is 23.5. The highest BCUT2D eigenvalue weighted by Gasteiger charge is 2.32. The van der Waals surface area contributed by atoms with Gasteiger partial charge in [0.05, 0.1) is 10.5 Å². The lowest BCUT2D eigenvalue weighted by atomic mass is 9.99. The van der Waals surface area contributed by atoms with Crippen LogP contribution in [0.15, 0.2) is 28.0 Å². The largest absolute Gasteiger partial charge is 0.356 e. The van der Waals surface area contributed by atoms with Crippen LogP contribution in [0.1, 0.15) is 63.5 Å². The number of amides is 1. The van der Waals surface area contributed by atoms with Crippen LogP contribution in [0.2, 0.25) is 0 Å². The third-order valence-corrected chi connectivity index (χ3v) is 7.91. The number of hydrogen-bond donors (Lipinski definition) is 0. The minimum Gasteiger partial charge on any atom is -0.356 e. The smallest absolute Gasteiger partial charge is 0.267 e. The molecule has 4 rings (SSSR count). The number of thiocarbonyl (C=S) groups is 1. The lowest BCUT2D eigenvalue weighted by Gasteiger charge is -2.32. The van der Waals surface area contributed by atoms with Crippen molar-refractivity contribution in [3.63, 3.8) is 0 Å². The molecule has 0 unspecified atom stereocenters. The molecular weight excluding hydrogens is 452 g/mol. The van der Waals surface area contributed by atoms with Crippen LogP contribution in [-0.2, 0) is 4.79 Å². The summed E-state index contributed by atoms with van der Waals surface area (Å²) in [6.07, 6.45) is 9.92. The minimum atomic E-state index is -0.148. The van der Waals surface area contributed by atoms with Crippen molar-refractivity contribution >= 4 is 51.7 Å². The van der Waals surface area contributed by atoms with E-state index in [1.54, 1.807) is 21.6 Å². The normalized spacial score (nSPS) is 18.8. The number of pyridine rings is 1. The van der Waals surface area contributed by atoms with Gasteiger partial charge in [-0.1, -0.05) is 63.2 Å². The Bertz CT molecular complexity index is 1150. The van der Waals surface area contributed by atoms with Crippen molar-refractivity contribution in [1.82, 2.24) is 14.3 Å². The van der Waals surface area contributed by atoms with Gasteiger partial charge in [0.1, 0.15) is 15.8 Å². The van der Waals surface area contributed by atoms with E-state index >= 15 is 0 Å². The van der Waals surface area contributed by atoms with Crippen LogP contribution in [0.4, 0.5) is 5.82 Å². The van der Waals surface area contributed by atoms with E-state index in [2.05, 4.69) is 18.7 Å². The molecule has 0 bridgehead atoms. The topological polar surface area (TPSA) is 57.9 Å². The quantitative estimate of drug-likeness (QED) is 0.312. The van der Waals surface area contributed by atoms with Gasteiger partial charge in [-0.3, -0.25) is 18.9 Å². The molecule has 2 aliphatic rings. The number of fused-ring (bicyclic) bond motifs is 1. The molecular formula is C25H32N4O2S2. The molecule has 1 amide bonds. The molecule has 0 aromatic carbocycles. The number of unbranched alkanes of at least 4 members (excludes halogenated alkanes) is 3. The molecule has 0 radical (unpaired) electrons. The molecule has 6 nitrogen and oxygen atoms in total. The van der Waals surface area contributed by atoms with E-state index in [1.165, 1.54) is 11.8 Å². The van der Waals surface area contributed by atoms with Gasteiger partial charge in [-0.05, 0) is 49.8 Å². The number of nitrogens with zero attached hydrogens (tertiary/aromatic N) is 4. The Balaban J connectivity index is 1.73. The first-order valence-corrected chi connectivity index (χ1v) is 13.2. The monoisotopic (exact) mass is 484 g/mol. The number of piperidine rings is 1. The van der Waals surface area contributed by atoms with Gasteiger partial charge in [0.15, 0.2) is 0 Å². The summed E-state index contributed by atoms with van der Waals surface area (Å²) < 4.78 is 2.16. The fourth-order valence-corrected chi connectivity index (χ4v) is 5.70. The van der Waals surface area contributed by atoms with Gasteiger partial charge in [0.2, 0.25) is 0 Å². The summed E-state index contributed by atoms with van der Waals surface area (Å²) >= 11 is 6.79. The number of thioether (sulfide) groups is 1. The predicted octanol–water partition coefficient (Wildman–Crippen LogP) is 5.02. The maximum atomic E-state index is 13.6. The van der Waals surface area contributed by atoms with Crippen molar-refractivity contribution in [3.05, 3.63) is 44.7 Å². The van der Waals surface area contributed by atoms with E-state index in [-0.39, 0.29) is 11.5 Å². The molecule has 176 valence electrons. The summed E-state index contributed by atoms with van der Waals surface area (Å²) in [7, 11) is 0. The van der Waals surface area contributed by atoms with Gasteiger partial charge < -0.3 is 4.90 Å². The second kappa shape index (κ2) is 10.4. The Morgan fingerprint density at radius 3 is 2.70 bits per heavy atom. The highest BCUT2D eigenvalue weighted by Crippen LogP contribution is 2.34. The van der Waals surface area contributed by atoms with E-state index in [4.69, 9.17) is 17.2 Å². The summed E-state index contributed by atoms with van der Waals surface area (Å²) in [6.45, 7) is 8.74. The first kappa shape index (κ1) is 24.0. The van der Waals surface area contributed by atoms with E-state index < -0.39 is 0 Å². The van der Waals surface area contributed by atoms with E-state index in [0.29, 0.717) is 38.7 Å². The first-order valence-electron chi connectivity index (χ1n) is 11.9. The second-order valence-electron chi connectivity index (χ2n) is 9.10. The van der Waals surface area contributed by atoms with Crippen LogP contribution < -0.4 is 10.5 Å². The molecule has 2 aliphatic heterocycles. The van der Waals surface area contributed by atoms with Gasteiger partial charge >= 0.3 is 0 Å². The molecule has 0 N–H and O–H groups in total. The third kappa shape index (κ3) is 5.01. The summed E-state index contributed by atoms with van der Waals surface area (Å²) in [4.78, 5) is 36.1. The minimum absolute atomic E-state index is 0.103. The first-order chi connectivity index (χ1) is 15.9. The predicted molar refractivity (Wildman–Crippen MR) is 141 cm³/mol. The average Bonchev–Trinajstić information content (AvgIpc) is 3.06. The van der Waals surface area contributed by atoms with Gasteiger partial charge in [-0.2, -0.15) is 0 Å². The SMILES string of the molecule is CCCCCCN1C(=O)/C(=C\c2c(N3CCC(C)CC3)nc3c(C)cccn3c2=O)SC1=S. The Labute approximate surface area is 205 Å². The molecule has 0 spiro atoms. The fourth-order valence-electron chi connectivity index (χ4n) is 4.41. The highest BCUT2D eigenvalue weighted by atomic mass is 32.2. The fraction of sp³-hybridized carbons (Fsp3) is 0.520. The molecule has 0 atom stereocenters. The standard InChI is InChI=1S/C25H32N4O2S2/c1-4-5-6-7-12-29-24(31)20(33-25(29)32)16-19-22(27-14-10-17(2)11-15-27)26-21-18(3)9-8-13-28(21)23(19)30/h8-9,13,16-17H,4-7,10-12,14-15H2,1-3H3/b20-16+. The number of rotatable bonds is 7. The van der Waals surface area contributed by atoms with Crippen molar-refractivity contribution in [2.45, 2.75) is 59.3 Å². The summed E-state index contributed by atoms with van der Waals surface area (Å²) in [5.41, 5.74) is 1.94. The van der Waals surface area contributed by atoms with Crippen LogP contribution in [-0.4, -0.2) is 44.1 Å². The molecule has 2 saturated heterocycles. The zero-order valence-electron chi connectivity index (χ0n) is 19.7. The number of carbonyl (C=O) groups is 1. The Morgan fingerprint density at radius 1 is 1.21 bits per heavy atom. The van der Waals surface area contributed by atoms with Crippen molar-refractivity contribution in [2.75, 3.05) is 24.5 Å². The van der Waals surface area contributed by atoms with Crippen LogP contribution in [0.25, 0.3) is 11.7 Å². The number of aromatic nitrogens is 2. The zero-order valence-corrected chi connectivity index (χ0v) is 21.3. The van der Waals surface area contributed by atoms with Gasteiger partial charge in [0, 0.05) is 25.8 Å². The van der Waals surface area contributed by atoms with Gasteiger partial charge in [-0.15, -0.1) is 0 Å². The van der Waals surface area contributed by atoms with E-state index in [1.807, 2.05) is 19.1 Å². The summed E-state index contributed by atoms with van der Waals surface area (Å²) in [5, 5.41) is 0. The molecule has 2 fully saturated rings. The van der Waals surface area contributed by atoms with Crippen LogP contribution >= 0.6 is 24.0 Å². The van der Waals surface area contributed by atoms with Crippen molar-refractivity contribution < 1.29 is 4.79 Å². The average molecular weight is 485 g/mol. The summed E-state index contributed by atoms with van der Waals surface area (Å²) in [5.74, 6) is 1.24. The molecule has 4 heterocycles. The molecule has 2 aromatic heterocycles. The Hall–Kier alpha value is -2.19.